The van der Waals surface area contributed by atoms with Crippen LogP contribution in [0.4, 0.5) is 0 Å². The Morgan fingerprint density at radius 1 is 1.28 bits per heavy atom. The average molecular weight is 252 g/mol. The van der Waals surface area contributed by atoms with Gasteiger partial charge in [-0.1, -0.05) is 20.8 Å². The Morgan fingerprint density at radius 3 is 2.44 bits per heavy atom. The molecular formula is C15H24O3. The van der Waals surface area contributed by atoms with Crippen molar-refractivity contribution in [1.82, 2.24) is 0 Å². The van der Waals surface area contributed by atoms with Crippen molar-refractivity contribution in [2.45, 2.75) is 58.3 Å². The normalized spacial score (nSPS) is 38.3. The zero-order chi connectivity index (χ0) is 13.4. The number of hydrogen-bond donors (Lipinski definition) is 1. The molecule has 2 fully saturated rings. The summed E-state index contributed by atoms with van der Waals surface area (Å²) in [6, 6.07) is 0. The highest BCUT2D eigenvalue weighted by Gasteiger charge is 2.58. The summed E-state index contributed by atoms with van der Waals surface area (Å²) in [7, 11) is 0. The second-order valence-electron chi connectivity index (χ2n) is 6.70. The van der Waals surface area contributed by atoms with Crippen molar-refractivity contribution in [3.63, 3.8) is 0 Å². The molecule has 1 saturated heterocycles. The number of rotatable bonds is 1. The summed E-state index contributed by atoms with van der Waals surface area (Å²) in [5, 5.41) is 10.4. The van der Waals surface area contributed by atoms with Gasteiger partial charge in [-0.25, -0.2) is 0 Å². The van der Waals surface area contributed by atoms with Crippen molar-refractivity contribution >= 4 is 0 Å². The zero-order valence-corrected chi connectivity index (χ0v) is 11.7. The number of ether oxygens (including phenoxy) is 2. The fraction of sp³-hybridized carbons (Fsp3) is 0.867. The SMILES string of the molecule is C#CCC1(C)C(O)CCCC12OCC(C)(C)CO2. The van der Waals surface area contributed by atoms with Gasteiger partial charge in [0.25, 0.3) is 0 Å². The van der Waals surface area contributed by atoms with E-state index in [0.29, 0.717) is 19.6 Å². The van der Waals surface area contributed by atoms with E-state index >= 15 is 0 Å². The predicted molar refractivity (Wildman–Crippen MR) is 69.8 cm³/mol. The lowest BCUT2D eigenvalue weighted by Crippen LogP contribution is -2.62. The van der Waals surface area contributed by atoms with Crippen molar-refractivity contribution in [1.29, 1.82) is 0 Å². The molecule has 0 amide bonds. The standard InChI is InChI=1S/C15H24O3/c1-5-8-14(4)12(16)7-6-9-15(14)17-10-13(2,3)11-18-15/h1,12,16H,6-11H2,2-4H3. The molecule has 0 aromatic heterocycles. The van der Waals surface area contributed by atoms with Crippen molar-refractivity contribution in [2.24, 2.45) is 10.8 Å². The van der Waals surface area contributed by atoms with Crippen LogP contribution in [0.2, 0.25) is 0 Å². The van der Waals surface area contributed by atoms with Gasteiger partial charge in [0, 0.05) is 18.3 Å². The van der Waals surface area contributed by atoms with Crippen LogP contribution in [0, 0.1) is 23.2 Å². The first-order valence-corrected chi connectivity index (χ1v) is 6.75. The molecule has 3 heteroatoms. The lowest BCUT2D eigenvalue weighted by molar-refractivity contribution is -0.369. The highest BCUT2D eigenvalue weighted by molar-refractivity contribution is 5.07. The van der Waals surface area contributed by atoms with E-state index in [0.717, 1.165) is 19.3 Å². The van der Waals surface area contributed by atoms with Crippen molar-refractivity contribution < 1.29 is 14.6 Å². The summed E-state index contributed by atoms with van der Waals surface area (Å²) in [6.07, 6.45) is 8.01. The molecule has 1 spiro atoms. The molecule has 102 valence electrons. The minimum Gasteiger partial charge on any atom is -0.392 e. The molecule has 0 radical (unpaired) electrons. The maximum absolute atomic E-state index is 10.4. The lowest BCUT2D eigenvalue weighted by Gasteiger charge is -2.56. The van der Waals surface area contributed by atoms with E-state index in [9.17, 15) is 5.11 Å². The van der Waals surface area contributed by atoms with Gasteiger partial charge in [-0.05, 0) is 12.8 Å². The van der Waals surface area contributed by atoms with Crippen LogP contribution in [0.1, 0.15) is 46.5 Å². The van der Waals surface area contributed by atoms with Crippen molar-refractivity contribution in [3.05, 3.63) is 0 Å². The molecule has 0 aromatic rings. The van der Waals surface area contributed by atoms with E-state index in [1.54, 1.807) is 0 Å². The molecule has 1 saturated carbocycles. The summed E-state index contributed by atoms with van der Waals surface area (Å²) >= 11 is 0. The van der Waals surface area contributed by atoms with Gasteiger partial charge in [0.1, 0.15) is 0 Å². The Labute approximate surface area is 110 Å². The van der Waals surface area contributed by atoms with E-state index in [1.165, 1.54) is 0 Å². The third-order valence-electron chi connectivity index (χ3n) is 4.45. The lowest BCUT2D eigenvalue weighted by atomic mass is 9.66. The molecule has 1 N–H and O–H groups in total. The quantitative estimate of drug-likeness (QED) is 0.728. The summed E-state index contributed by atoms with van der Waals surface area (Å²) in [5.74, 6) is 1.98. The molecular weight excluding hydrogens is 228 g/mol. The predicted octanol–water partition coefficient (Wildman–Crippen LogP) is 2.33. The highest BCUT2D eigenvalue weighted by Crippen LogP contribution is 2.52. The minimum absolute atomic E-state index is 0.0324. The molecule has 2 rings (SSSR count). The summed E-state index contributed by atoms with van der Waals surface area (Å²) in [6.45, 7) is 7.55. The Hall–Kier alpha value is -0.560. The van der Waals surface area contributed by atoms with Crippen LogP contribution in [0.15, 0.2) is 0 Å². The highest BCUT2D eigenvalue weighted by atomic mass is 16.7. The second kappa shape index (κ2) is 4.52. The van der Waals surface area contributed by atoms with Gasteiger partial charge in [0.05, 0.1) is 24.7 Å². The molecule has 0 aromatic carbocycles. The molecule has 0 bridgehead atoms. The van der Waals surface area contributed by atoms with Gasteiger partial charge in [-0.15, -0.1) is 12.3 Å². The average Bonchev–Trinajstić information content (AvgIpc) is 2.30. The molecule has 2 unspecified atom stereocenters. The molecule has 1 heterocycles. The first-order valence-electron chi connectivity index (χ1n) is 6.75. The van der Waals surface area contributed by atoms with Gasteiger partial charge in [0.2, 0.25) is 0 Å². The van der Waals surface area contributed by atoms with Gasteiger partial charge < -0.3 is 14.6 Å². The number of aliphatic hydroxyl groups excluding tert-OH is 1. The topological polar surface area (TPSA) is 38.7 Å². The van der Waals surface area contributed by atoms with Crippen LogP contribution < -0.4 is 0 Å². The number of aliphatic hydroxyl groups is 1. The fourth-order valence-corrected chi connectivity index (χ4v) is 3.03. The van der Waals surface area contributed by atoms with Crippen LogP contribution in [0.25, 0.3) is 0 Å². The van der Waals surface area contributed by atoms with Crippen molar-refractivity contribution in [3.8, 4) is 12.3 Å². The monoisotopic (exact) mass is 252 g/mol. The maximum atomic E-state index is 10.4. The van der Waals surface area contributed by atoms with Crippen LogP contribution in [0.5, 0.6) is 0 Å². The minimum atomic E-state index is -0.702. The van der Waals surface area contributed by atoms with E-state index in [-0.39, 0.29) is 5.41 Å². The van der Waals surface area contributed by atoms with Crippen LogP contribution in [0.3, 0.4) is 0 Å². The van der Waals surface area contributed by atoms with E-state index < -0.39 is 17.3 Å². The largest absolute Gasteiger partial charge is 0.392 e. The van der Waals surface area contributed by atoms with Gasteiger partial charge in [-0.2, -0.15) is 0 Å². The van der Waals surface area contributed by atoms with Crippen LogP contribution in [-0.2, 0) is 9.47 Å². The smallest absolute Gasteiger partial charge is 0.176 e. The molecule has 1 aliphatic carbocycles. The van der Waals surface area contributed by atoms with E-state index in [1.807, 2.05) is 6.92 Å². The molecule has 18 heavy (non-hydrogen) atoms. The molecule has 2 atom stereocenters. The van der Waals surface area contributed by atoms with Crippen LogP contribution >= 0.6 is 0 Å². The summed E-state index contributed by atoms with van der Waals surface area (Å²) < 4.78 is 12.2. The molecule has 3 nitrogen and oxygen atoms in total. The van der Waals surface area contributed by atoms with Gasteiger partial charge in [-0.3, -0.25) is 0 Å². The molecule has 1 aliphatic heterocycles. The van der Waals surface area contributed by atoms with E-state index in [4.69, 9.17) is 15.9 Å². The van der Waals surface area contributed by atoms with Crippen LogP contribution in [-0.4, -0.2) is 30.2 Å². The Balaban J connectivity index is 2.26. The fourth-order valence-electron chi connectivity index (χ4n) is 3.03. The Kier molecular flexibility index (Phi) is 3.48. The first-order chi connectivity index (χ1) is 8.35. The van der Waals surface area contributed by atoms with Crippen molar-refractivity contribution in [2.75, 3.05) is 13.2 Å². The maximum Gasteiger partial charge on any atom is 0.176 e. The first kappa shape index (κ1) is 13.9. The Bertz CT molecular complexity index is 345. The van der Waals surface area contributed by atoms with Gasteiger partial charge >= 0.3 is 0 Å². The summed E-state index contributed by atoms with van der Waals surface area (Å²) in [5.41, 5.74) is -0.471. The molecule has 2 aliphatic rings. The van der Waals surface area contributed by atoms with E-state index in [2.05, 4.69) is 19.8 Å². The second-order valence-corrected chi connectivity index (χ2v) is 6.70. The van der Waals surface area contributed by atoms with Gasteiger partial charge in [0.15, 0.2) is 5.79 Å². The zero-order valence-electron chi connectivity index (χ0n) is 11.7. The third-order valence-corrected chi connectivity index (χ3v) is 4.45. The number of terminal acetylenes is 1. The third kappa shape index (κ3) is 2.07. The summed E-state index contributed by atoms with van der Waals surface area (Å²) in [4.78, 5) is 0. The number of hydrogen-bond acceptors (Lipinski definition) is 3. The Morgan fingerprint density at radius 2 is 1.89 bits per heavy atom.